The van der Waals surface area contributed by atoms with Crippen LogP contribution in [0.4, 0.5) is 10.1 Å². The topological polar surface area (TPSA) is 86.7 Å². The lowest BCUT2D eigenvalue weighted by atomic mass is 10.1. The number of benzene rings is 2. The molecule has 0 fully saturated rings. The highest BCUT2D eigenvalue weighted by Gasteiger charge is 2.17. The van der Waals surface area contributed by atoms with Crippen molar-refractivity contribution < 1.29 is 23.3 Å². The van der Waals surface area contributed by atoms with Gasteiger partial charge in [-0.3, -0.25) is 9.10 Å². The van der Waals surface area contributed by atoms with Gasteiger partial charge in [0, 0.05) is 18.9 Å². The summed E-state index contributed by atoms with van der Waals surface area (Å²) in [5.74, 6) is -2.05. The van der Waals surface area contributed by atoms with Gasteiger partial charge in [-0.15, -0.1) is 0 Å². The summed E-state index contributed by atoms with van der Waals surface area (Å²) < 4.78 is 26.0. The Labute approximate surface area is 153 Å². The van der Waals surface area contributed by atoms with Crippen LogP contribution in [-0.4, -0.2) is 34.5 Å². The van der Waals surface area contributed by atoms with Crippen molar-refractivity contribution in [2.75, 3.05) is 17.6 Å². The average molecular weight is 378 g/mol. The maximum absolute atomic E-state index is 13.0. The van der Waals surface area contributed by atoms with E-state index in [2.05, 4.69) is 5.32 Å². The van der Waals surface area contributed by atoms with Gasteiger partial charge in [0.1, 0.15) is 16.8 Å². The highest BCUT2D eigenvalue weighted by atomic mass is 32.2. The van der Waals surface area contributed by atoms with Gasteiger partial charge in [0.15, 0.2) is 0 Å². The lowest BCUT2D eigenvalue weighted by molar-refractivity contribution is 0.0697. The molecule has 0 heterocycles. The third-order valence-corrected chi connectivity index (χ3v) is 4.88. The number of hydrogen-bond acceptors (Lipinski definition) is 3. The number of halogens is 1. The Morgan fingerprint density at radius 3 is 2.27 bits per heavy atom. The first-order chi connectivity index (χ1) is 12.2. The second-order valence-corrected chi connectivity index (χ2v) is 7.14. The number of carboxylic acid groups (broad SMARTS) is 1. The zero-order valence-electron chi connectivity index (χ0n) is 14.5. The van der Waals surface area contributed by atoms with Crippen LogP contribution in [0.15, 0.2) is 42.5 Å². The minimum absolute atomic E-state index is 0.0839. The van der Waals surface area contributed by atoms with Crippen LogP contribution >= 0.6 is 0 Å². The Morgan fingerprint density at radius 1 is 1.15 bits per heavy atom. The summed E-state index contributed by atoms with van der Waals surface area (Å²) in [7, 11) is 0.168. The molecule has 1 unspecified atom stereocenters. The van der Waals surface area contributed by atoms with Crippen molar-refractivity contribution >= 4 is 28.5 Å². The smallest absolute Gasteiger partial charge is 0.335 e. The van der Waals surface area contributed by atoms with Crippen molar-refractivity contribution in [2.24, 2.45) is 0 Å². The number of carboxylic acids is 1. The van der Waals surface area contributed by atoms with Gasteiger partial charge in [-0.25, -0.2) is 13.4 Å². The first kappa shape index (κ1) is 19.6. The molecule has 0 aromatic heterocycles. The van der Waals surface area contributed by atoms with Crippen LogP contribution in [-0.2, 0) is 11.0 Å². The fraction of sp³-hybridized carbons (Fsp3) is 0.222. The van der Waals surface area contributed by atoms with Gasteiger partial charge in [-0.05, 0) is 42.8 Å². The van der Waals surface area contributed by atoms with Gasteiger partial charge in [0.2, 0.25) is 0 Å². The van der Waals surface area contributed by atoms with E-state index in [0.717, 1.165) is 0 Å². The predicted molar refractivity (Wildman–Crippen MR) is 98.2 cm³/mol. The van der Waals surface area contributed by atoms with Crippen molar-refractivity contribution in [3.8, 4) is 0 Å². The van der Waals surface area contributed by atoms with Crippen LogP contribution in [0.5, 0.6) is 0 Å². The second kappa shape index (κ2) is 8.09. The molecule has 2 aromatic rings. The predicted octanol–water partition coefficient (Wildman–Crippen LogP) is 2.74. The number of anilines is 1. The van der Waals surface area contributed by atoms with E-state index in [9.17, 15) is 23.3 Å². The highest BCUT2D eigenvalue weighted by Crippen LogP contribution is 2.21. The number of rotatable bonds is 6. The highest BCUT2D eigenvalue weighted by molar-refractivity contribution is 7.85. The van der Waals surface area contributed by atoms with Crippen LogP contribution in [0.3, 0.4) is 0 Å². The lowest BCUT2D eigenvalue weighted by Gasteiger charge is -2.18. The summed E-state index contributed by atoms with van der Waals surface area (Å²) in [5, 5.41) is 12.0. The van der Waals surface area contributed by atoms with Crippen molar-refractivity contribution in [3.05, 3.63) is 65.0 Å². The molecule has 0 bridgehead atoms. The molecular weight excluding hydrogens is 359 g/mol. The lowest BCUT2D eigenvalue weighted by Crippen LogP contribution is -2.27. The van der Waals surface area contributed by atoms with E-state index < -0.39 is 28.9 Å². The fourth-order valence-electron chi connectivity index (χ4n) is 2.31. The fourth-order valence-corrected chi connectivity index (χ4v) is 2.71. The van der Waals surface area contributed by atoms with E-state index in [1.165, 1.54) is 40.9 Å². The van der Waals surface area contributed by atoms with Crippen LogP contribution in [0, 0.1) is 5.82 Å². The Kier molecular flexibility index (Phi) is 6.10. The zero-order chi connectivity index (χ0) is 19.4. The SMILES string of the molecule is C[C@@H](NC(=O)c1cc(C(=O)O)cc(N(C)S(C)=O)c1)c1ccc(F)cc1. The molecule has 2 N–H and O–H groups in total. The first-order valence-corrected chi connectivity index (χ1v) is 9.22. The molecule has 0 saturated heterocycles. The molecule has 0 aliphatic heterocycles. The summed E-state index contributed by atoms with van der Waals surface area (Å²) in [6.07, 6.45) is 1.45. The minimum atomic E-state index is -1.37. The summed E-state index contributed by atoms with van der Waals surface area (Å²) in [6.45, 7) is 1.74. The minimum Gasteiger partial charge on any atom is -0.478 e. The quantitative estimate of drug-likeness (QED) is 0.809. The third kappa shape index (κ3) is 4.66. The maximum atomic E-state index is 13.0. The van der Waals surface area contributed by atoms with Gasteiger partial charge in [-0.1, -0.05) is 12.1 Å². The second-order valence-electron chi connectivity index (χ2n) is 5.74. The van der Waals surface area contributed by atoms with Crippen molar-refractivity contribution in [3.63, 3.8) is 0 Å². The monoisotopic (exact) mass is 378 g/mol. The Bertz CT molecular complexity index is 855. The molecule has 0 radical (unpaired) electrons. The molecule has 6 nitrogen and oxygen atoms in total. The molecule has 138 valence electrons. The number of amides is 1. The summed E-state index contributed by atoms with van der Waals surface area (Å²) in [4.78, 5) is 23.9. The standard InChI is InChI=1S/C18H19FN2O4S/c1-11(12-4-6-15(19)7-5-12)20-17(22)13-8-14(18(23)24)10-16(9-13)21(2)26(3)25/h4-11H,1-3H3,(H,20,22)(H,23,24)/t11-,26?/m1/s1. The summed E-state index contributed by atoms with van der Waals surface area (Å²) in [6, 6.07) is 9.40. The van der Waals surface area contributed by atoms with E-state index in [1.54, 1.807) is 26.1 Å². The van der Waals surface area contributed by atoms with E-state index in [-0.39, 0.29) is 16.9 Å². The molecule has 0 spiro atoms. The van der Waals surface area contributed by atoms with Gasteiger partial charge in [0.25, 0.3) is 5.91 Å². The van der Waals surface area contributed by atoms with Crippen LogP contribution in [0.1, 0.15) is 39.2 Å². The molecule has 2 aromatic carbocycles. The van der Waals surface area contributed by atoms with E-state index in [1.807, 2.05) is 0 Å². The van der Waals surface area contributed by atoms with Crippen molar-refractivity contribution in [1.29, 1.82) is 0 Å². The van der Waals surface area contributed by atoms with E-state index in [4.69, 9.17) is 0 Å². The van der Waals surface area contributed by atoms with E-state index in [0.29, 0.717) is 11.3 Å². The molecule has 0 aliphatic rings. The Hall–Kier alpha value is -2.74. The number of carbonyl (C=O) groups is 2. The molecule has 0 aliphatic carbocycles. The Morgan fingerprint density at radius 2 is 1.73 bits per heavy atom. The van der Waals surface area contributed by atoms with E-state index >= 15 is 0 Å². The molecule has 2 atom stereocenters. The van der Waals surface area contributed by atoms with Crippen LogP contribution < -0.4 is 9.62 Å². The van der Waals surface area contributed by atoms with Crippen molar-refractivity contribution in [2.45, 2.75) is 13.0 Å². The molecule has 1 amide bonds. The molecule has 0 saturated carbocycles. The van der Waals surface area contributed by atoms with Crippen molar-refractivity contribution in [1.82, 2.24) is 5.32 Å². The number of nitrogens with zero attached hydrogens (tertiary/aromatic N) is 1. The van der Waals surface area contributed by atoms with Crippen LogP contribution in [0.2, 0.25) is 0 Å². The van der Waals surface area contributed by atoms with Gasteiger partial charge in [0.05, 0.1) is 17.3 Å². The first-order valence-electron chi connectivity index (χ1n) is 7.71. The zero-order valence-corrected chi connectivity index (χ0v) is 15.3. The molecule has 26 heavy (non-hydrogen) atoms. The number of nitrogens with one attached hydrogen (secondary N) is 1. The van der Waals surface area contributed by atoms with Gasteiger partial charge in [-0.2, -0.15) is 0 Å². The summed E-state index contributed by atoms with van der Waals surface area (Å²) >= 11 is 0. The number of aromatic carboxylic acids is 1. The van der Waals surface area contributed by atoms with Gasteiger partial charge < -0.3 is 10.4 Å². The largest absolute Gasteiger partial charge is 0.478 e. The average Bonchev–Trinajstić information content (AvgIpc) is 2.60. The molecule has 2 rings (SSSR count). The molecular formula is C18H19FN2O4S. The molecule has 8 heteroatoms. The summed E-state index contributed by atoms with van der Waals surface area (Å²) in [5.41, 5.74) is 1.11. The number of carbonyl (C=O) groups excluding carboxylic acids is 1. The maximum Gasteiger partial charge on any atom is 0.335 e. The van der Waals surface area contributed by atoms with Crippen LogP contribution in [0.25, 0.3) is 0 Å². The normalized spacial score (nSPS) is 12.9. The Balaban J connectivity index is 2.30. The third-order valence-electron chi connectivity index (χ3n) is 3.89. The van der Waals surface area contributed by atoms with Gasteiger partial charge >= 0.3 is 5.97 Å². The number of hydrogen-bond donors (Lipinski definition) is 2.